The first-order chi connectivity index (χ1) is 8.19. The van der Waals surface area contributed by atoms with Gasteiger partial charge in [0.1, 0.15) is 0 Å². The van der Waals surface area contributed by atoms with E-state index < -0.39 is 15.7 Å². The van der Waals surface area contributed by atoms with Gasteiger partial charge in [0.05, 0.1) is 0 Å². The summed E-state index contributed by atoms with van der Waals surface area (Å²) >= 11 is 0. The second-order valence-corrected chi connectivity index (χ2v) is 7.63. The fourth-order valence-electron chi connectivity index (χ4n) is 2.20. The minimum Gasteiger partial charge on any atom is -0.311 e. The van der Waals surface area contributed by atoms with Gasteiger partial charge in [0, 0.05) is 30.7 Å². The largest absolute Gasteiger partial charge is 0.311 e. The number of hydrogen-bond donors (Lipinski definition) is 2. The Balaban J connectivity index is 2.88. The van der Waals surface area contributed by atoms with Crippen molar-refractivity contribution in [1.29, 1.82) is 0 Å². The summed E-state index contributed by atoms with van der Waals surface area (Å²) in [5, 5.41) is 3.40. The Morgan fingerprint density at radius 2 is 1.89 bits per heavy atom. The number of piperazine rings is 1. The quantitative estimate of drug-likeness (QED) is 0.808. The molecule has 1 rings (SSSR count). The Bertz CT molecular complexity index is 362. The van der Waals surface area contributed by atoms with E-state index >= 15 is 0 Å². The van der Waals surface area contributed by atoms with Crippen LogP contribution in [-0.4, -0.2) is 43.4 Å². The van der Waals surface area contributed by atoms with E-state index in [4.69, 9.17) is 0 Å². The number of nitrogens with zero attached hydrogens (tertiary/aromatic N) is 1. The van der Waals surface area contributed by atoms with Crippen LogP contribution < -0.4 is 10.0 Å². The van der Waals surface area contributed by atoms with Crippen molar-refractivity contribution in [2.75, 3.05) is 13.1 Å². The standard InChI is InChI=1S/C12H27N3O2S/c1-6-10-9-15(11(7-2)8-13-10)18(16,17)14-12(3,4)5/h10-11,13-14H,6-9H2,1-5H3. The van der Waals surface area contributed by atoms with Gasteiger partial charge in [-0.05, 0) is 33.6 Å². The van der Waals surface area contributed by atoms with Gasteiger partial charge in [-0.1, -0.05) is 13.8 Å². The summed E-state index contributed by atoms with van der Waals surface area (Å²) in [4.78, 5) is 0. The van der Waals surface area contributed by atoms with E-state index in [2.05, 4.69) is 17.0 Å². The van der Waals surface area contributed by atoms with E-state index in [1.807, 2.05) is 27.7 Å². The molecular weight excluding hydrogens is 250 g/mol. The molecule has 0 aliphatic carbocycles. The van der Waals surface area contributed by atoms with Crippen molar-refractivity contribution < 1.29 is 8.42 Å². The van der Waals surface area contributed by atoms with Gasteiger partial charge < -0.3 is 5.32 Å². The smallest absolute Gasteiger partial charge is 0.280 e. The van der Waals surface area contributed by atoms with Gasteiger partial charge >= 0.3 is 0 Å². The third-order valence-electron chi connectivity index (χ3n) is 3.16. The molecule has 5 nitrogen and oxygen atoms in total. The molecular formula is C12H27N3O2S. The molecule has 0 aromatic heterocycles. The van der Waals surface area contributed by atoms with Crippen molar-refractivity contribution >= 4 is 10.2 Å². The Morgan fingerprint density at radius 3 is 2.33 bits per heavy atom. The first-order valence-electron chi connectivity index (χ1n) is 6.73. The Hall–Kier alpha value is -0.170. The van der Waals surface area contributed by atoms with E-state index in [0.717, 1.165) is 19.4 Å². The molecule has 6 heteroatoms. The summed E-state index contributed by atoms with van der Waals surface area (Å²) in [5.41, 5.74) is -0.441. The molecule has 0 aromatic rings. The maximum Gasteiger partial charge on any atom is 0.280 e. The van der Waals surface area contributed by atoms with E-state index in [1.54, 1.807) is 4.31 Å². The average molecular weight is 277 g/mol. The number of nitrogens with one attached hydrogen (secondary N) is 2. The molecule has 1 saturated heterocycles. The van der Waals surface area contributed by atoms with Gasteiger partial charge in [-0.15, -0.1) is 0 Å². The summed E-state index contributed by atoms with van der Waals surface area (Å²) in [5.74, 6) is 0. The van der Waals surface area contributed by atoms with Crippen molar-refractivity contribution in [1.82, 2.24) is 14.3 Å². The first kappa shape index (κ1) is 15.9. The minimum atomic E-state index is -3.40. The van der Waals surface area contributed by atoms with E-state index in [-0.39, 0.29) is 12.1 Å². The zero-order chi connectivity index (χ0) is 14.0. The Kier molecular flexibility index (Phi) is 5.17. The summed E-state index contributed by atoms with van der Waals surface area (Å²) in [6.07, 6.45) is 1.77. The third-order valence-corrected chi connectivity index (χ3v) is 5.09. The normalized spacial score (nSPS) is 27.4. The lowest BCUT2D eigenvalue weighted by Gasteiger charge is -2.40. The Morgan fingerprint density at radius 1 is 1.28 bits per heavy atom. The summed E-state index contributed by atoms with van der Waals surface area (Å²) < 4.78 is 29.2. The van der Waals surface area contributed by atoms with Gasteiger partial charge in [0.25, 0.3) is 10.2 Å². The maximum atomic E-state index is 12.4. The van der Waals surface area contributed by atoms with Crippen molar-refractivity contribution in [2.24, 2.45) is 0 Å². The lowest BCUT2D eigenvalue weighted by Crippen LogP contribution is -2.61. The van der Waals surface area contributed by atoms with Gasteiger partial charge in [-0.25, -0.2) is 0 Å². The highest BCUT2D eigenvalue weighted by Gasteiger charge is 2.36. The summed E-state index contributed by atoms with van der Waals surface area (Å²) in [6, 6.07) is 0.303. The predicted molar refractivity (Wildman–Crippen MR) is 74.7 cm³/mol. The molecule has 0 bridgehead atoms. The molecule has 0 aromatic carbocycles. The number of hydrogen-bond acceptors (Lipinski definition) is 3. The molecule has 2 N–H and O–H groups in total. The minimum absolute atomic E-state index is 0.0487. The Labute approximate surface area is 112 Å². The molecule has 18 heavy (non-hydrogen) atoms. The second kappa shape index (κ2) is 5.86. The summed E-state index contributed by atoms with van der Waals surface area (Å²) in [7, 11) is -3.40. The fourth-order valence-corrected chi connectivity index (χ4v) is 4.08. The SMILES string of the molecule is CCC1CN(S(=O)(=O)NC(C)(C)C)C(CC)CN1. The highest BCUT2D eigenvalue weighted by molar-refractivity contribution is 7.87. The fraction of sp³-hybridized carbons (Fsp3) is 1.00. The molecule has 1 fully saturated rings. The molecule has 1 heterocycles. The molecule has 108 valence electrons. The molecule has 0 saturated carbocycles. The van der Waals surface area contributed by atoms with Crippen LogP contribution >= 0.6 is 0 Å². The van der Waals surface area contributed by atoms with E-state index in [9.17, 15) is 8.42 Å². The van der Waals surface area contributed by atoms with Gasteiger partial charge in [0.2, 0.25) is 0 Å². The van der Waals surface area contributed by atoms with Crippen LogP contribution in [-0.2, 0) is 10.2 Å². The van der Waals surface area contributed by atoms with Crippen LogP contribution in [0.25, 0.3) is 0 Å². The topological polar surface area (TPSA) is 61.4 Å². The molecule has 1 aliphatic heterocycles. The third kappa shape index (κ3) is 4.19. The lowest BCUT2D eigenvalue weighted by molar-refractivity contribution is 0.211. The van der Waals surface area contributed by atoms with Crippen molar-refractivity contribution in [2.45, 2.75) is 65.1 Å². The van der Waals surface area contributed by atoms with Crippen LogP contribution in [0.15, 0.2) is 0 Å². The van der Waals surface area contributed by atoms with Gasteiger partial charge in [-0.2, -0.15) is 17.4 Å². The molecule has 2 unspecified atom stereocenters. The van der Waals surface area contributed by atoms with Crippen molar-refractivity contribution in [3.63, 3.8) is 0 Å². The van der Waals surface area contributed by atoms with Crippen LogP contribution in [0.2, 0.25) is 0 Å². The molecule has 2 atom stereocenters. The van der Waals surface area contributed by atoms with Crippen LogP contribution in [0.4, 0.5) is 0 Å². The lowest BCUT2D eigenvalue weighted by atomic mass is 10.1. The van der Waals surface area contributed by atoms with Gasteiger partial charge in [-0.3, -0.25) is 0 Å². The molecule has 1 aliphatic rings. The summed E-state index contributed by atoms with van der Waals surface area (Å²) in [6.45, 7) is 11.0. The number of rotatable bonds is 4. The van der Waals surface area contributed by atoms with Gasteiger partial charge in [0.15, 0.2) is 0 Å². The maximum absolute atomic E-state index is 12.4. The second-order valence-electron chi connectivity index (χ2n) is 6.00. The van der Waals surface area contributed by atoms with Crippen LogP contribution in [0, 0.1) is 0 Å². The monoisotopic (exact) mass is 277 g/mol. The molecule has 0 radical (unpaired) electrons. The van der Waals surface area contributed by atoms with E-state index in [0.29, 0.717) is 6.54 Å². The van der Waals surface area contributed by atoms with Crippen molar-refractivity contribution in [3.8, 4) is 0 Å². The zero-order valence-electron chi connectivity index (χ0n) is 12.2. The molecule has 0 amide bonds. The highest BCUT2D eigenvalue weighted by Crippen LogP contribution is 2.17. The highest BCUT2D eigenvalue weighted by atomic mass is 32.2. The van der Waals surface area contributed by atoms with Crippen molar-refractivity contribution in [3.05, 3.63) is 0 Å². The van der Waals surface area contributed by atoms with Crippen LogP contribution in [0.5, 0.6) is 0 Å². The predicted octanol–water partition coefficient (Wildman–Crippen LogP) is 1.08. The van der Waals surface area contributed by atoms with Crippen LogP contribution in [0.1, 0.15) is 47.5 Å². The average Bonchev–Trinajstić information content (AvgIpc) is 2.25. The first-order valence-corrected chi connectivity index (χ1v) is 8.17. The molecule has 0 spiro atoms. The van der Waals surface area contributed by atoms with Crippen LogP contribution in [0.3, 0.4) is 0 Å². The van der Waals surface area contributed by atoms with E-state index in [1.165, 1.54) is 0 Å². The zero-order valence-corrected chi connectivity index (χ0v) is 13.0.